The molecular formula is C14H27N3O2. The fourth-order valence-corrected chi connectivity index (χ4v) is 2.15. The molecule has 5 heteroatoms. The second kappa shape index (κ2) is 7.62. The predicted octanol–water partition coefficient (Wildman–Crippen LogP) is 1.13. The first-order valence-corrected chi connectivity index (χ1v) is 6.94. The molecule has 1 rings (SSSR count). The van der Waals surface area contributed by atoms with Crippen LogP contribution in [0.15, 0.2) is 6.07 Å². The molecule has 1 heterocycles. The highest BCUT2D eigenvalue weighted by Crippen LogP contribution is 2.17. The number of nitrogens with one attached hydrogen (secondary N) is 1. The average Bonchev–Trinajstić information content (AvgIpc) is 2.68. The summed E-state index contributed by atoms with van der Waals surface area (Å²) in [6.07, 6.45) is 1.35. The van der Waals surface area contributed by atoms with Crippen LogP contribution in [0.2, 0.25) is 0 Å². The minimum Gasteiger partial charge on any atom is -0.390 e. The SMILES string of the molecule is CCn1nc(C)cc1CC(C)(O)CCNCCOC. The first-order valence-electron chi connectivity index (χ1n) is 6.94. The van der Waals surface area contributed by atoms with Crippen LogP contribution >= 0.6 is 0 Å². The van der Waals surface area contributed by atoms with Crippen LogP contribution in [0.4, 0.5) is 0 Å². The van der Waals surface area contributed by atoms with E-state index in [0.29, 0.717) is 19.4 Å². The quantitative estimate of drug-likeness (QED) is 0.660. The van der Waals surface area contributed by atoms with E-state index < -0.39 is 5.60 Å². The van der Waals surface area contributed by atoms with Crippen LogP contribution in [-0.4, -0.2) is 47.3 Å². The van der Waals surface area contributed by atoms with Gasteiger partial charge in [-0.25, -0.2) is 0 Å². The monoisotopic (exact) mass is 269 g/mol. The number of aromatic nitrogens is 2. The van der Waals surface area contributed by atoms with Crippen LogP contribution in [-0.2, 0) is 17.7 Å². The second-order valence-electron chi connectivity index (χ2n) is 5.26. The molecule has 5 nitrogen and oxygen atoms in total. The van der Waals surface area contributed by atoms with Crippen molar-refractivity contribution >= 4 is 0 Å². The van der Waals surface area contributed by atoms with Crippen molar-refractivity contribution in [2.75, 3.05) is 26.8 Å². The van der Waals surface area contributed by atoms with E-state index in [1.54, 1.807) is 7.11 Å². The van der Waals surface area contributed by atoms with Gasteiger partial charge in [0.15, 0.2) is 0 Å². The van der Waals surface area contributed by atoms with Crippen LogP contribution in [0, 0.1) is 6.92 Å². The van der Waals surface area contributed by atoms with Gasteiger partial charge >= 0.3 is 0 Å². The van der Waals surface area contributed by atoms with Crippen molar-refractivity contribution in [2.24, 2.45) is 0 Å². The van der Waals surface area contributed by atoms with Crippen molar-refractivity contribution in [3.8, 4) is 0 Å². The van der Waals surface area contributed by atoms with Crippen LogP contribution in [0.5, 0.6) is 0 Å². The molecule has 1 aromatic heterocycles. The molecule has 110 valence electrons. The number of ether oxygens (including phenoxy) is 1. The van der Waals surface area contributed by atoms with Gasteiger partial charge < -0.3 is 15.2 Å². The maximum Gasteiger partial charge on any atom is 0.0686 e. The zero-order chi connectivity index (χ0) is 14.3. The standard InChI is InChI=1S/C14H27N3O2/c1-5-17-13(10-12(2)16-17)11-14(3,18)6-7-15-8-9-19-4/h10,15,18H,5-9,11H2,1-4H3. The summed E-state index contributed by atoms with van der Waals surface area (Å²) in [6.45, 7) is 9.07. The fraction of sp³-hybridized carbons (Fsp3) is 0.786. The Labute approximate surface area is 116 Å². The molecule has 0 aliphatic rings. The largest absolute Gasteiger partial charge is 0.390 e. The Bertz CT molecular complexity index is 375. The molecular weight excluding hydrogens is 242 g/mol. The summed E-state index contributed by atoms with van der Waals surface area (Å²) < 4.78 is 6.93. The molecule has 0 aliphatic heterocycles. The maximum absolute atomic E-state index is 10.4. The Morgan fingerprint density at radius 1 is 1.47 bits per heavy atom. The van der Waals surface area contributed by atoms with Gasteiger partial charge in [0.05, 0.1) is 17.9 Å². The second-order valence-corrected chi connectivity index (χ2v) is 5.26. The highest BCUT2D eigenvalue weighted by molar-refractivity contribution is 5.11. The highest BCUT2D eigenvalue weighted by Gasteiger charge is 2.22. The molecule has 0 bridgehead atoms. The number of aliphatic hydroxyl groups is 1. The van der Waals surface area contributed by atoms with E-state index in [1.165, 1.54) is 0 Å². The van der Waals surface area contributed by atoms with Crippen molar-refractivity contribution in [3.63, 3.8) is 0 Å². The summed E-state index contributed by atoms with van der Waals surface area (Å²) >= 11 is 0. The number of nitrogens with zero attached hydrogens (tertiary/aromatic N) is 2. The molecule has 0 saturated heterocycles. The van der Waals surface area contributed by atoms with Crippen LogP contribution < -0.4 is 5.32 Å². The molecule has 0 spiro atoms. The molecule has 0 aromatic carbocycles. The Morgan fingerprint density at radius 2 is 2.21 bits per heavy atom. The minimum absolute atomic E-state index is 0.633. The van der Waals surface area contributed by atoms with Crippen LogP contribution in [0.3, 0.4) is 0 Å². The Kier molecular flexibility index (Phi) is 6.48. The Balaban J connectivity index is 2.44. The number of hydrogen-bond acceptors (Lipinski definition) is 4. The fourth-order valence-electron chi connectivity index (χ4n) is 2.15. The lowest BCUT2D eigenvalue weighted by Crippen LogP contribution is -2.33. The summed E-state index contributed by atoms with van der Waals surface area (Å²) in [6, 6.07) is 2.05. The van der Waals surface area contributed by atoms with Crippen molar-refractivity contribution in [1.29, 1.82) is 0 Å². The summed E-state index contributed by atoms with van der Waals surface area (Å²) in [5.74, 6) is 0. The minimum atomic E-state index is -0.709. The van der Waals surface area contributed by atoms with Crippen molar-refractivity contribution in [1.82, 2.24) is 15.1 Å². The van der Waals surface area contributed by atoms with Gasteiger partial charge in [-0.1, -0.05) is 0 Å². The molecule has 0 aliphatic carbocycles. The summed E-state index contributed by atoms with van der Waals surface area (Å²) in [4.78, 5) is 0. The number of aryl methyl sites for hydroxylation is 2. The third kappa shape index (κ3) is 5.72. The highest BCUT2D eigenvalue weighted by atomic mass is 16.5. The molecule has 1 atom stereocenters. The van der Waals surface area contributed by atoms with Crippen molar-refractivity contribution in [2.45, 2.75) is 45.8 Å². The lowest BCUT2D eigenvalue weighted by Gasteiger charge is -2.23. The Morgan fingerprint density at radius 3 is 2.84 bits per heavy atom. The van der Waals surface area contributed by atoms with E-state index in [9.17, 15) is 5.11 Å². The topological polar surface area (TPSA) is 59.3 Å². The Hall–Kier alpha value is -0.910. The van der Waals surface area contributed by atoms with E-state index in [4.69, 9.17) is 4.74 Å². The van der Waals surface area contributed by atoms with E-state index >= 15 is 0 Å². The molecule has 1 aromatic rings. The average molecular weight is 269 g/mol. The van der Waals surface area contributed by atoms with Crippen LogP contribution in [0.1, 0.15) is 31.7 Å². The molecule has 0 radical (unpaired) electrons. The zero-order valence-corrected chi connectivity index (χ0v) is 12.6. The number of methoxy groups -OCH3 is 1. The normalized spacial score (nSPS) is 14.6. The lowest BCUT2D eigenvalue weighted by atomic mass is 9.96. The van der Waals surface area contributed by atoms with E-state index in [0.717, 1.165) is 31.0 Å². The molecule has 0 saturated carbocycles. The first kappa shape index (κ1) is 16.1. The van der Waals surface area contributed by atoms with Gasteiger partial charge in [-0.15, -0.1) is 0 Å². The van der Waals surface area contributed by atoms with Gasteiger partial charge in [0.1, 0.15) is 0 Å². The van der Waals surface area contributed by atoms with Crippen LogP contribution in [0.25, 0.3) is 0 Å². The molecule has 2 N–H and O–H groups in total. The lowest BCUT2D eigenvalue weighted by molar-refractivity contribution is 0.0490. The number of rotatable bonds is 9. The van der Waals surface area contributed by atoms with E-state index in [2.05, 4.69) is 23.4 Å². The summed E-state index contributed by atoms with van der Waals surface area (Å²) in [7, 11) is 1.69. The third-order valence-electron chi connectivity index (χ3n) is 3.17. The van der Waals surface area contributed by atoms with Gasteiger partial charge in [-0.05, 0) is 39.8 Å². The van der Waals surface area contributed by atoms with Gasteiger partial charge in [0.2, 0.25) is 0 Å². The van der Waals surface area contributed by atoms with Gasteiger partial charge in [0, 0.05) is 32.3 Å². The summed E-state index contributed by atoms with van der Waals surface area (Å²) in [5.41, 5.74) is 1.40. The van der Waals surface area contributed by atoms with Crippen molar-refractivity contribution in [3.05, 3.63) is 17.5 Å². The molecule has 0 fully saturated rings. The van der Waals surface area contributed by atoms with Gasteiger partial charge in [0.25, 0.3) is 0 Å². The molecule has 0 amide bonds. The molecule has 19 heavy (non-hydrogen) atoms. The molecule has 1 unspecified atom stereocenters. The maximum atomic E-state index is 10.4. The predicted molar refractivity (Wildman–Crippen MR) is 76.3 cm³/mol. The first-order chi connectivity index (χ1) is 8.98. The third-order valence-corrected chi connectivity index (χ3v) is 3.17. The van der Waals surface area contributed by atoms with E-state index in [1.807, 2.05) is 18.5 Å². The van der Waals surface area contributed by atoms with Gasteiger partial charge in [-0.3, -0.25) is 4.68 Å². The van der Waals surface area contributed by atoms with Gasteiger partial charge in [-0.2, -0.15) is 5.10 Å². The number of hydrogen-bond donors (Lipinski definition) is 2. The van der Waals surface area contributed by atoms with E-state index in [-0.39, 0.29) is 0 Å². The zero-order valence-electron chi connectivity index (χ0n) is 12.6. The van der Waals surface area contributed by atoms with Crippen molar-refractivity contribution < 1.29 is 9.84 Å². The smallest absolute Gasteiger partial charge is 0.0686 e. The summed E-state index contributed by atoms with van der Waals surface area (Å²) in [5, 5.41) is 18.1.